The Bertz CT molecular complexity index is 2520. The van der Waals surface area contributed by atoms with Crippen LogP contribution in [0.25, 0.3) is 6.08 Å². The molecule has 19 heteroatoms. The van der Waals surface area contributed by atoms with Gasteiger partial charge in [-0.25, -0.2) is 19.9 Å². The quantitative estimate of drug-likeness (QED) is 0.0569. The average molecular weight is 1180 g/mol. The molecule has 5 aromatic heterocycles. The van der Waals surface area contributed by atoms with E-state index in [0.29, 0.717) is 54.8 Å². The molecule has 1 saturated heterocycles. The van der Waals surface area contributed by atoms with Crippen LogP contribution in [0.1, 0.15) is 60.1 Å². The lowest BCUT2D eigenvalue weighted by Gasteiger charge is -2.31. The van der Waals surface area contributed by atoms with Crippen molar-refractivity contribution in [2.24, 2.45) is 0 Å². The minimum absolute atomic E-state index is 0.0151. The fourth-order valence-corrected chi connectivity index (χ4v) is 9.30. The highest BCUT2D eigenvalue weighted by molar-refractivity contribution is 14.1. The molecule has 0 aromatic carbocycles. The van der Waals surface area contributed by atoms with E-state index in [2.05, 4.69) is 125 Å². The van der Waals surface area contributed by atoms with E-state index in [0.717, 1.165) is 85.3 Å². The summed E-state index contributed by atoms with van der Waals surface area (Å²) in [5, 5.41) is 7.71. The largest absolute Gasteiger partial charge is 0.383 e. The molecule has 0 saturated carbocycles. The Morgan fingerprint density at radius 1 is 0.778 bits per heavy atom. The molecule has 0 unspecified atom stereocenters. The van der Waals surface area contributed by atoms with Crippen molar-refractivity contribution in [1.29, 1.82) is 0 Å². The van der Waals surface area contributed by atoms with E-state index in [1.165, 1.54) is 10.5 Å². The molecule has 4 aliphatic heterocycles. The Morgan fingerprint density at radius 2 is 1.41 bits per heavy atom. The van der Waals surface area contributed by atoms with Crippen molar-refractivity contribution in [2.45, 2.75) is 57.8 Å². The van der Waals surface area contributed by atoms with Crippen molar-refractivity contribution in [1.82, 2.24) is 24.8 Å². The highest BCUT2D eigenvalue weighted by atomic mass is 127. The molecule has 0 spiro atoms. The number of nitrogens with two attached hydrogens (primary N) is 2. The number of rotatable bonds is 5. The third-order valence-electron chi connectivity index (χ3n) is 9.99. The summed E-state index contributed by atoms with van der Waals surface area (Å²) in [6.45, 7) is 2.16. The zero-order chi connectivity index (χ0) is 44.9. The number of anilines is 5. The predicted octanol–water partition coefficient (Wildman–Crippen LogP) is 9.15. The fourth-order valence-electron chi connectivity index (χ4n) is 6.61. The van der Waals surface area contributed by atoms with Gasteiger partial charge in [-0.3, -0.25) is 19.2 Å². The number of thiophene rings is 1. The molecule has 4 aliphatic rings. The first-order valence-corrected chi connectivity index (χ1v) is 24.3. The van der Waals surface area contributed by atoms with Gasteiger partial charge in [0.1, 0.15) is 23.3 Å². The maximum absolute atomic E-state index is 12.5. The Labute approximate surface area is 408 Å². The number of nitrogen functional groups attached to an aromatic ring is 2. The number of β-lactam (4-membered cyclic amide) rings is 1. The van der Waals surface area contributed by atoms with Crippen molar-refractivity contribution in [3.63, 3.8) is 0 Å². The van der Waals surface area contributed by atoms with Gasteiger partial charge in [0.25, 0.3) is 0 Å². The van der Waals surface area contributed by atoms with Gasteiger partial charge in [0, 0.05) is 94.5 Å². The summed E-state index contributed by atoms with van der Waals surface area (Å²) in [5.41, 5.74) is 16.2. The number of nitrogens with zero attached hydrogens (tertiary/aromatic N) is 6. The van der Waals surface area contributed by atoms with Gasteiger partial charge >= 0.3 is 0 Å². The van der Waals surface area contributed by atoms with Crippen LogP contribution in [0.15, 0.2) is 97.7 Å². The number of aromatic nitrogens is 4. The standard InChI is InChI=1S/C22H23N3O2S.C9H9BrN2O.C8H8BrN3O.C5H4BrIN2/c26-20-5-1-3-18-13-17(15-23-22(18)24-20)6-7-21(27)25-10-8-16(9-11-25)14-19-4-2-12-28-19;10-7-4-6-2-1-3-8(13)12-9(6)11-5-7;9-5-3-6(8(10)11-4-5)12-2-1-7(12)13;6-3-1-4(7)5(8)9-2-3/h2,4,6-8,12-13,15H,1,3,5,9-11,14H2,(H,23,24,26);4-5H,1-3H2,(H,11,12,13);3-4H,1-2H2,(H2,10,11);1-2H,(H2,8,9)/b7-6+;;;. The molecular weight excluding hydrogens is 1130 g/mol. The van der Waals surface area contributed by atoms with Gasteiger partial charge in [0.15, 0.2) is 0 Å². The van der Waals surface area contributed by atoms with Crippen LogP contribution < -0.4 is 27.0 Å². The first kappa shape index (κ1) is 47.9. The molecular formula is C44H44Br3IN10O4S. The molecule has 9 rings (SSSR count). The van der Waals surface area contributed by atoms with Crippen LogP contribution in [0, 0.1) is 3.57 Å². The summed E-state index contributed by atoms with van der Waals surface area (Å²) in [6, 6.07) is 12.0. The van der Waals surface area contributed by atoms with E-state index in [9.17, 15) is 19.2 Å². The first-order valence-electron chi connectivity index (χ1n) is 20.0. The number of hydrogen-bond donors (Lipinski definition) is 4. The summed E-state index contributed by atoms with van der Waals surface area (Å²) in [5.74, 6) is 2.54. The third kappa shape index (κ3) is 14.5. The number of nitrogens with one attached hydrogen (secondary N) is 2. The second-order valence-corrected chi connectivity index (χ2v) is 19.5. The number of fused-ring (bicyclic) bond motifs is 2. The fraction of sp³-hybridized carbons (Fsp3) is 0.273. The molecule has 0 aliphatic carbocycles. The van der Waals surface area contributed by atoms with Crippen molar-refractivity contribution in [2.75, 3.05) is 46.6 Å². The summed E-state index contributed by atoms with van der Waals surface area (Å²) in [4.78, 5) is 67.6. The molecule has 9 heterocycles. The Kier molecular flexibility index (Phi) is 17.8. The highest BCUT2D eigenvalue weighted by Crippen LogP contribution is 2.29. The number of hydrogen-bond acceptors (Lipinski definition) is 11. The summed E-state index contributed by atoms with van der Waals surface area (Å²) < 4.78 is 3.72. The topological polar surface area (TPSA) is 202 Å². The van der Waals surface area contributed by atoms with E-state index >= 15 is 0 Å². The Hall–Kier alpha value is -4.57. The zero-order valence-electron chi connectivity index (χ0n) is 34.0. The second-order valence-electron chi connectivity index (χ2n) is 14.6. The third-order valence-corrected chi connectivity index (χ3v) is 13.0. The number of carbonyl (C=O) groups excluding carboxylic acids is 4. The zero-order valence-corrected chi connectivity index (χ0v) is 41.7. The Morgan fingerprint density at radius 3 is 2.00 bits per heavy atom. The van der Waals surface area contributed by atoms with Crippen LogP contribution in [0.3, 0.4) is 0 Å². The van der Waals surface area contributed by atoms with Crippen LogP contribution in [-0.2, 0) is 38.4 Å². The van der Waals surface area contributed by atoms with Gasteiger partial charge in [-0.1, -0.05) is 17.7 Å². The molecule has 0 radical (unpaired) electrons. The molecule has 0 bridgehead atoms. The second kappa shape index (κ2) is 23.4. The molecule has 63 heavy (non-hydrogen) atoms. The maximum atomic E-state index is 12.5. The van der Waals surface area contributed by atoms with Gasteiger partial charge in [-0.2, -0.15) is 0 Å². The Balaban J connectivity index is 0.000000157. The molecule has 14 nitrogen and oxygen atoms in total. The number of halogens is 4. The van der Waals surface area contributed by atoms with E-state index < -0.39 is 0 Å². The lowest BCUT2D eigenvalue weighted by Crippen LogP contribution is -2.43. The average Bonchev–Trinajstić information content (AvgIpc) is 3.61. The van der Waals surface area contributed by atoms with Crippen molar-refractivity contribution in [3.8, 4) is 0 Å². The minimum atomic E-state index is 0.0151. The molecule has 4 amide bonds. The van der Waals surface area contributed by atoms with E-state index in [-0.39, 0.29) is 23.6 Å². The number of carbonyl (C=O) groups is 4. The van der Waals surface area contributed by atoms with Crippen LogP contribution in [0.2, 0.25) is 0 Å². The van der Waals surface area contributed by atoms with E-state index in [4.69, 9.17) is 11.5 Å². The molecule has 6 N–H and O–H groups in total. The molecule has 328 valence electrons. The predicted molar refractivity (Wildman–Crippen MR) is 268 cm³/mol. The summed E-state index contributed by atoms with van der Waals surface area (Å²) in [6.07, 6.45) is 19.4. The van der Waals surface area contributed by atoms with Crippen LogP contribution in [-0.4, -0.2) is 68.1 Å². The van der Waals surface area contributed by atoms with Crippen LogP contribution in [0.4, 0.5) is 29.0 Å². The van der Waals surface area contributed by atoms with Crippen molar-refractivity contribution < 1.29 is 19.2 Å². The monoisotopic (exact) mass is 1170 g/mol. The summed E-state index contributed by atoms with van der Waals surface area (Å²) in [7, 11) is 0. The van der Waals surface area contributed by atoms with E-state index in [1.54, 1.807) is 53.2 Å². The minimum Gasteiger partial charge on any atom is -0.383 e. The number of pyridine rings is 4. The first-order chi connectivity index (χ1) is 30.3. The van der Waals surface area contributed by atoms with Crippen LogP contribution >= 0.6 is 81.7 Å². The van der Waals surface area contributed by atoms with Crippen molar-refractivity contribution in [3.05, 3.63) is 123 Å². The number of aryl methyl sites for hydroxylation is 2. The maximum Gasteiger partial charge on any atom is 0.246 e. The van der Waals surface area contributed by atoms with Gasteiger partial charge < -0.3 is 31.9 Å². The smallest absolute Gasteiger partial charge is 0.246 e. The van der Waals surface area contributed by atoms with Crippen molar-refractivity contribution >= 4 is 140 Å². The van der Waals surface area contributed by atoms with Gasteiger partial charge in [0.2, 0.25) is 23.6 Å². The van der Waals surface area contributed by atoms with Gasteiger partial charge in [0.05, 0.1) is 9.26 Å². The lowest BCUT2D eigenvalue weighted by molar-refractivity contribution is -0.125. The van der Waals surface area contributed by atoms with E-state index in [1.807, 2.05) is 29.2 Å². The van der Waals surface area contributed by atoms with Gasteiger partial charge in [-0.15, -0.1) is 11.3 Å². The molecule has 0 atom stereocenters. The van der Waals surface area contributed by atoms with Gasteiger partial charge in [-0.05, 0) is 161 Å². The SMILES string of the molecule is Nc1ncc(Br)cc1I.Nc1ncc(Br)cc1N1CCC1=O.O=C1CCCc2cc(/C=C/C(=O)N3CC=C(Cc4cccs4)CC3)cnc2N1.O=C1CCCc2cc(Br)cnc2N1. The lowest BCUT2D eigenvalue weighted by atomic mass is 10.0. The number of amides is 4. The normalized spacial score (nSPS) is 15.5. The molecule has 1 fully saturated rings. The summed E-state index contributed by atoms with van der Waals surface area (Å²) >= 11 is 13.8. The van der Waals surface area contributed by atoms with Crippen LogP contribution in [0.5, 0.6) is 0 Å². The molecule has 5 aromatic rings. The highest BCUT2D eigenvalue weighted by Gasteiger charge is 2.27.